The van der Waals surface area contributed by atoms with Gasteiger partial charge in [0.05, 0.1) is 11.5 Å². The maximum Gasteiger partial charge on any atom is 0.354 e. The Kier molecular flexibility index (Phi) is 5.60. The molecule has 1 fully saturated rings. The molecular formula is C21H22N6O2. The third kappa shape index (κ3) is 4.16. The maximum absolute atomic E-state index is 12.1. The molecule has 8 heteroatoms. The van der Waals surface area contributed by atoms with Gasteiger partial charge in [-0.25, -0.2) is 15.0 Å². The molecule has 0 atom stereocenters. The number of aromatic nitrogens is 3. The average Bonchev–Trinajstić information content (AvgIpc) is 2.79. The fraction of sp³-hybridized carbons (Fsp3) is 0.286. The molecule has 3 heterocycles. The quantitative estimate of drug-likeness (QED) is 0.462. The van der Waals surface area contributed by atoms with Crippen molar-refractivity contribution < 1.29 is 4.92 Å². The molecule has 1 aromatic carbocycles. The monoisotopic (exact) mass is 390 g/mol. The van der Waals surface area contributed by atoms with Gasteiger partial charge in [0, 0.05) is 19.3 Å². The zero-order valence-corrected chi connectivity index (χ0v) is 16.0. The second-order valence-corrected chi connectivity index (χ2v) is 6.93. The summed E-state index contributed by atoms with van der Waals surface area (Å²) in [6.07, 6.45) is 6.23. The highest BCUT2D eigenvalue weighted by molar-refractivity contribution is 5.75. The SMILES string of the molecule is O=[N+]([O-])c1c(N2CCCCC2)ncnc1N(Cc1ccccc1)c1ccccn1. The minimum absolute atomic E-state index is 0.0732. The molecule has 0 unspecified atom stereocenters. The Morgan fingerprint density at radius 3 is 2.41 bits per heavy atom. The lowest BCUT2D eigenvalue weighted by Crippen LogP contribution is -2.31. The molecule has 0 saturated carbocycles. The molecule has 1 aliphatic heterocycles. The topological polar surface area (TPSA) is 88.3 Å². The molecule has 8 nitrogen and oxygen atoms in total. The van der Waals surface area contributed by atoms with E-state index in [4.69, 9.17) is 0 Å². The predicted octanol–water partition coefficient (Wildman–Crippen LogP) is 4.11. The lowest BCUT2D eigenvalue weighted by molar-refractivity contribution is -0.383. The van der Waals surface area contributed by atoms with Crippen molar-refractivity contribution in [2.45, 2.75) is 25.8 Å². The summed E-state index contributed by atoms with van der Waals surface area (Å²) in [5.74, 6) is 1.24. The molecule has 29 heavy (non-hydrogen) atoms. The Bertz CT molecular complexity index is 961. The number of nitrogens with zero attached hydrogens (tertiary/aromatic N) is 6. The van der Waals surface area contributed by atoms with E-state index in [0.29, 0.717) is 18.2 Å². The average molecular weight is 390 g/mol. The van der Waals surface area contributed by atoms with Crippen LogP contribution >= 0.6 is 0 Å². The van der Waals surface area contributed by atoms with Crippen LogP contribution in [0.15, 0.2) is 61.1 Å². The van der Waals surface area contributed by atoms with Gasteiger partial charge >= 0.3 is 5.69 Å². The lowest BCUT2D eigenvalue weighted by Gasteiger charge is -2.29. The molecule has 1 saturated heterocycles. The minimum atomic E-state index is -0.375. The summed E-state index contributed by atoms with van der Waals surface area (Å²) in [7, 11) is 0. The van der Waals surface area contributed by atoms with Crippen molar-refractivity contribution in [1.29, 1.82) is 0 Å². The molecule has 0 bridgehead atoms. The van der Waals surface area contributed by atoms with Crippen LogP contribution in [0.5, 0.6) is 0 Å². The maximum atomic E-state index is 12.1. The summed E-state index contributed by atoms with van der Waals surface area (Å²) < 4.78 is 0. The summed E-state index contributed by atoms with van der Waals surface area (Å²) in [5, 5.41) is 12.1. The number of benzene rings is 1. The Morgan fingerprint density at radius 2 is 1.72 bits per heavy atom. The van der Waals surface area contributed by atoms with E-state index in [9.17, 15) is 10.1 Å². The molecule has 0 N–H and O–H groups in total. The van der Waals surface area contributed by atoms with Crippen molar-refractivity contribution in [3.05, 3.63) is 76.7 Å². The Balaban J connectivity index is 1.82. The van der Waals surface area contributed by atoms with Gasteiger partial charge in [0.2, 0.25) is 11.6 Å². The standard InChI is InChI=1S/C21H22N6O2/c28-27(29)19-20(25-13-7-2-8-14-25)23-16-24-21(19)26(18-11-5-6-12-22-18)15-17-9-3-1-4-10-17/h1,3-6,9-12,16H,2,7-8,13-15H2. The van der Waals surface area contributed by atoms with Gasteiger partial charge in [-0.3, -0.25) is 10.1 Å². The summed E-state index contributed by atoms with van der Waals surface area (Å²) in [5.41, 5.74) is 0.932. The molecule has 0 radical (unpaired) electrons. The number of nitro groups is 1. The van der Waals surface area contributed by atoms with Crippen LogP contribution in [0.1, 0.15) is 24.8 Å². The zero-order valence-electron chi connectivity index (χ0n) is 16.0. The second kappa shape index (κ2) is 8.64. The zero-order chi connectivity index (χ0) is 20.1. The first-order valence-corrected chi connectivity index (χ1v) is 9.71. The number of piperidine rings is 1. The van der Waals surface area contributed by atoms with Crippen LogP contribution in [0.2, 0.25) is 0 Å². The molecule has 2 aromatic heterocycles. The Hall–Kier alpha value is -3.55. The summed E-state index contributed by atoms with van der Waals surface area (Å²) in [6, 6.07) is 15.3. The first-order chi connectivity index (χ1) is 14.2. The van der Waals surface area contributed by atoms with Crippen molar-refractivity contribution in [3.8, 4) is 0 Å². The van der Waals surface area contributed by atoms with Crippen LogP contribution in [-0.2, 0) is 6.54 Å². The van der Waals surface area contributed by atoms with Crippen LogP contribution in [0.25, 0.3) is 0 Å². The number of hydrogen-bond acceptors (Lipinski definition) is 7. The van der Waals surface area contributed by atoms with E-state index in [-0.39, 0.29) is 16.4 Å². The van der Waals surface area contributed by atoms with Gasteiger partial charge in [-0.15, -0.1) is 0 Å². The van der Waals surface area contributed by atoms with E-state index in [1.54, 1.807) is 11.1 Å². The van der Waals surface area contributed by atoms with E-state index in [1.807, 2.05) is 53.4 Å². The van der Waals surface area contributed by atoms with Crippen molar-refractivity contribution in [2.75, 3.05) is 22.9 Å². The molecule has 3 aromatic rings. The normalized spacial score (nSPS) is 13.9. The van der Waals surface area contributed by atoms with Crippen molar-refractivity contribution in [1.82, 2.24) is 15.0 Å². The van der Waals surface area contributed by atoms with Gasteiger partial charge in [0.25, 0.3) is 0 Å². The third-order valence-corrected chi connectivity index (χ3v) is 4.99. The Labute approximate surface area is 169 Å². The smallest absolute Gasteiger partial charge is 0.351 e. The van der Waals surface area contributed by atoms with Crippen LogP contribution < -0.4 is 9.80 Å². The molecule has 4 rings (SSSR count). The molecular weight excluding hydrogens is 368 g/mol. The summed E-state index contributed by atoms with van der Waals surface area (Å²) >= 11 is 0. The number of hydrogen-bond donors (Lipinski definition) is 0. The lowest BCUT2D eigenvalue weighted by atomic mass is 10.1. The molecule has 0 spiro atoms. The van der Waals surface area contributed by atoms with E-state index in [1.165, 1.54) is 6.33 Å². The first kappa shape index (κ1) is 18.8. The fourth-order valence-electron chi connectivity index (χ4n) is 3.60. The minimum Gasteiger partial charge on any atom is -0.351 e. The molecule has 0 amide bonds. The van der Waals surface area contributed by atoms with Gasteiger partial charge in [-0.2, -0.15) is 0 Å². The van der Waals surface area contributed by atoms with E-state index in [0.717, 1.165) is 37.9 Å². The van der Waals surface area contributed by atoms with E-state index in [2.05, 4.69) is 15.0 Å². The third-order valence-electron chi connectivity index (χ3n) is 4.99. The number of anilines is 3. The largest absolute Gasteiger partial charge is 0.354 e. The van der Waals surface area contributed by atoms with Crippen LogP contribution in [0, 0.1) is 10.1 Å². The fourth-order valence-corrected chi connectivity index (χ4v) is 3.60. The van der Waals surface area contributed by atoms with Crippen molar-refractivity contribution in [3.63, 3.8) is 0 Å². The van der Waals surface area contributed by atoms with Gasteiger partial charge in [-0.05, 0) is 37.0 Å². The van der Waals surface area contributed by atoms with E-state index < -0.39 is 0 Å². The first-order valence-electron chi connectivity index (χ1n) is 9.71. The Morgan fingerprint density at radius 1 is 0.966 bits per heavy atom. The number of rotatable bonds is 6. The number of pyridine rings is 1. The summed E-state index contributed by atoms with van der Waals surface area (Å²) in [4.78, 5) is 28.6. The van der Waals surface area contributed by atoms with Crippen LogP contribution in [0.3, 0.4) is 0 Å². The predicted molar refractivity (Wildman–Crippen MR) is 111 cm³/mol. The highest BCUT2D eigenvalue weighted by Crippen LogP contribution is 2.38. The van der Waals surface area contributed by atoms with Gasteiger partial charge in [0.1, 0.15) is 12.1 Å². The van der Waals surface area contributed by atoms with Crippen LogP contribution in [-0.4, -0.2) is 33.0 Å². The summed E-state index contributed by atoms with van der Waals surface area (Å²) in [6.45, 7) is 1.94. The van der Waals surface area contributed by atoms with Gasteiger partial charge < -0.3 is 9.80 Å². The van der Waals surface area contributed by atoms with Gasteiger partial charge in [-0.1, -0.05) is 36.4 Å². The molecule has 0 aliphatic carbocycles. The molecule has 148 valence electrons. The second-order valence-electron chi connectivity index (χ2n) is 6.93. The van der Waals surface area contributed by atoms with Gasteiger partial charge in [0.15, 0.2) is 0 Å². The highest BCUT2D eigenvalue weighted by Gasteiger charge is 2.31. The van der Waals surface area contributed by atoms with Crippen molar-refractivity contribution >= 4 is 23.1 Å². The van der Waals surface area contributed by atoms with E-state index >= 15 is 0 Å². The van der Waals surface area contributed by atoms with Crippen molar-refractivity contribution in [2.24, 2.45) is 0 Å². The highest BCUT2D eigenvalue weighted by atomic mass is 16.6. The molecule has 1 aliphatic rings. The van der Waals surface area contributed by atoms with Crippen LogP contribution in [0.4, 0.5) is 23.1 Å².